The fourth-order valence-electron chi connectivity index (χ4n) is 1.98. The Morgan fingerprint density at radius 1 is 1.47 bits per heavy atom. The molecule has 19 heavy (non-hydrogen) atoms. The Bertz CT molecular complexity index is 623. The molecule has 2 aromatic heterocycles. The average molecular weight is 259 g/mol. The second-order valence-electron chi connectivity index (χ2n) is 5.50. The molecule has 0 aliphatic rings. The van der Waals surface area contributed by atoms with Crippen LogP contribution >= 0.6 is 0 Å². The fraction of sp³-hybridized carbons (Fsp3) is 0.357. The molecule has 0 fully saturated rings. The molecular weight excluding hydrogens is 242 g/mol. The summed E-state index contributed by atoms with van der Waals surface area (Å²) in [5.74, 6) is -0.104. The quantitative estimate of drug-likeness (QED) is 0.854. The molecule has 5 heteroatoms. The van der Waals surface area contributed by atoms with Crippen molar-refractivity contribution in [3.63, 3.8) is 0 Å². The van der Waals surface area contributed by atoms with E-state index in [4.69, 9.17) is 0 Å². The van der Waals surface area contributed by atoms with Crippen LogP contribution in [0.5, 0.6) is 0 Å². The number of pyridine rings is 1. The Morgan fingerprint density at radius 3 is 2.84 bits per heavy atom. The maximum atomic E-state index is 11.9. The third-order valence-corrected chi connectivity index (χ3v) is 2.62. The normalized spacial score (nSPS) is 11.5. The molecule has 0 bridgehead atoms. The van der Waals surface area contributed by atoms with Gasteiger partial charge in [0, 0.05) is 28.9 Å². The highest BCUT2D eigenvalue weighted by Gasteiger charge is 2.16. The van der Waals surface area contributed by atoms with E-state index in [1.807, 2.05) is 26.8 Å². The molecule has 1 N–H and O–H groups in total. The zero-order chi connectivity index (χ0) is 14.0. The van der Waals surface area contributed by atoms with Crippen molar-refractivity contribution in [1.29, 1.82) is 0 Å². The van der Waals surface area contributed by atoms with E-state index in [0.29, 0.717) is 11.2 Å². The number of aldehydes is 1. The number of fused-ring (bicyclic) bond motifs is 1. The van der Waals surface area contributed by atoms with Crippen LogP contribution in [0.4, 0.5) is 0 Å². The second-order valence-corrected chi connectivity index (χ2v) is 5.50. The SMILES string of the molecule is CC(C)(C)NC(=O)Cn1cc(C=O)c2cccnc21. The number of carbonyl (C=O) groups is 2. The fourth-order valence-corrected chi connectivity index (χ4v) is 1.98. The van der Waals surface area contributed by atoms with Gasteiger partial charge in [0.1, 0.15) is 12.2 Å². The predicted molar refractivity (Wildman–Crippen MR) is 73.0 cm³/mol. The molecule has 1 amide bonds. The van der Waals surface area contributed by atoms with Crippen LogP contribution in [0.25, 0.3) is 11.0 Å². The Kier molecular flexibility index (Phi) is 3.38. The number of aromatic nitrogens is 2. The lowest BCUT2D eigenvalue weighted by Crippen LogP contribution is -2.42. The van der Waals surface area contributed by atoms with Gasteiger partial charge < -0.3 is 9.88 Å². The maximum Gasteiger partial charge on any atom is 0.240 e. The van der Waals surface area contributed by atoms with Gasteiger partial charge in [-0.2, -0.15) is 0 Å². The maximum absolute atomic E-state index is 11.9. The van der Waals surface area contributed by atoms with E-state index < -0.39 is 0 Å². The number of nitrogens with one attached hydrogen (secondary N) is 1. The minimum Gasteiger partial charge on any atom is -0.350 e. The van der Waals surface area contributed by atoms with Crippen LogP contribution in [0, 0.1) is 0 Å². The molecule has 2 rings (SSSR count). The monoisotopic (exact) mass is 259 g/mol. The largest absolute Gasteiger partial charge is 0.350 e. The molecule has 100 valence electrons. The molecule has 0 spiro atoms. The second kappa shape index (κ2) is 4.84. The molecule has 0 aliphatic carbocycles. The van der Waals surface area contributed by atoms with Crippen LogP contribution < -0.4 is 5.32 Å². The van der Waals surface area contributed by atoms with Gasteiger partial charge in [-0.25, -0.2) is 4.98 Å². The summed E-state index contributed by atoms with van der Waals surface area (Å²) in [6, 6.07) is 3.60. The zero-order valence-corrected chi connectivity index (χ0v) is 11.3. The van der Waals surface area contributed by atoms with Crippen molar-refractivity contribution in [3.8, 4) is 0 Å². The first kappa shape index (κ1) is 13.3. The lowest BCUT2D eigenvalue weighted by molar-refractivity contribution is -0.123. The molecule has 0 atom stereocenters. The van der Waals surface area contributed by atoms with Gasteiger partial charge in [-0.1, -0.05) is 0 Å². The van der Waals surface area contributed by atoms with Gasteiger partial charge in [0.25, 0.3) is 0 Å². The molecular formula is C14H17N3O2. The summed E-state index contributed by atoms with van der Waals surface area (Å²) in [6.45, 7) is 5.92. The van der Waals surface area contributed by atoms with Gasteiger partial charge in [-0.3, -0.25) is 9.59 Å². The smallest absolute Gasteiger partial charge is 0.240 e. The standard InChI is InChI=1S/C14H17N3O2/c1-14(2,3)16-12(19)8-17-7-10(9-18)11-5-4-6-15-13(11)17/h4-7,9H,8H2,1-3H3,(H,16,19). The van der Waals surface area contributed by atoms with E-state index in [-0.39, 0.29) is 18.0 Å². The van der Waals surface area contributed by atoms with E-state index in [1.165, 1.54) is 0 Å². The van der Waals surface area contributed by atoms with Gasteiger partial charge >= 0.3 is 0 Å². The number of rotatable bonds is 3. The van der Waals surface area contributed by atoms with E-state index in [1.54, 1.807) is 23.0 Å². The first-order chi connectivity index (χ1) is 8.90. The molecule has 5 nitrogen and oxygen atoms in total. The highest BCUT2D eigenvalue weighted by molar-refractivity contribution is 5.96. The third-order valence-electron chi connectivity index (χ3n) is 2.62. The number of hydrogen-bond acceptors (Lipinski definition) is 3. The van der Waals surface area contributed by atoms with Crippen LogP contribution in [-0.2, 0) is 11.3 Å². The summed E-state index contributed by atoms with van der Waals surface area (Å²) in [6.07, 6.45) is 4.09. The molecule has 2 heterocycles. The highest BCUT2D eigenvalue weighted by atomic mass is 16.2. The molecule has 0 unspecified atom stereocenters. The van der Waals surface area contributed by atoms with Gasteiger partial charge in [0.05, 0.1) is 0 Å². The van der Waals surface area contributed by atoms with Gasteiger partial charge in [0.2, 0.25) is 5.91 Å². The van der Waals surface area contributed by atoms with Crippen LogP contribution in [0.2, 0.25) is 0 Å². The van der Waals surface area contributed by atoms with E-state index >= 15 is 0 Å². The Balaban J connectivity index is 2.31. The minimum atomic E-state index is -0.277. The first-order valence-electron chi connectivity index (χ1n) is 6.11. The van der Waals surface area contributed by atoms with Gasteiger partial charge in [-0.15, -0.1) is 0 Å². The summed E-state index contributed by atoms with van der Waals surface area (Å²) in [7, 11) is 0. The summed E-state index contributed by atoms with van der Waals surface area (Å²) in [4.78, 5) is 27.2. The predicted octanol–water partition coefficient (Wildman–Crippen LogP) is 1.76. The number of amides is 1. The van der Waals surface area contributed by atoms with E-state index in [9.17, 15) is 9.59 Å². The zero-order valence-electron chi connectivity index (χ0n) is 11.3. The van der Waals surface area contributed by atoms with Crippen LogP contribution in [0.15, 0.2) is 24.5 Å². The summed E-state index contributed by atoms with van der Waals surface area (Å²) >= 11 is 0. The third kappa shape index (κ3) is 2.99. The van der Waals surface area contributed by atoms with Crippen molar-refractivity contribution in [2.75, 3.05) is 0 Å². The molecule has 0 saturated heterocycles. The highest BCUT2D eigenvalue weighted by Crippen LogP contribution is 2.17. The number of nitrogens with zero attached hydrogens (tertiary/aromatic N) is 2. The Labute approximate surface area is 111 Å². The van der Waals surface area contributed by atoms with Crippen molar-refractivity contribution in [1.82, 2.24) is 14.9 Å². The van der Waals surface area contributed by atoms with E-state index in [0.717, 1.165) is 11.7 Å². The lowest BCUT2D eigenvalue weighted by Gasteiger charge is -2.20. The van der Waals surface area contributed by atoms with E-state index in [2.05, 4.69) is 10.3 Å². The number of carbonyl (C=O) groups excluding carboxylic acids is 2. The number of hydrogen-bond donors (Lipinski definition) is 1. The van der Waals surface area contributed by atoms with Crippen molar-refractivity contribution in [2.45, 2.75) is 32.9 Å². The minimum absolute atomic E-state index is 0.104. The van der Waals surface area contributed by atoms with Crippen LogP contribution in [0.1, 0.15) is 31.1 Å². The Morgan fingerprint density at radius 2 is 2.21 bits per heavy atom. The molecule has 0 aliphatic heterocycles. The van der Waals surface area contributed by atoms with Gasteiger partial charge in [-0.05, 0) is 32.9 Å². The van der Waals surface area contributed by atoms with Crippen molar-refractivity contribution < 1.29 is 9.59 Å². The Hall–Kier alpha value is -2.17. The van der Waals surface area contributed by atoms with Gasteiger partial charge in [0.15, 0.2) is 6.29 Å². The topological polar surface area (TPSA) is 64.0 Å². The van der Waals surface area contributed by atoms with Crippen molar-refractivity contribution in [2.24, 2.45) is 0 Å². The van der Waals surface area contributed by atoms with Crippen LogP contribution in [-0.4, -0.2) is 27.3 Å². The van der Waals surface area contributed by atoms with Crippen molar-refractivity contribution >= 4 is 23.2 Å². The lowest BCUT2D eigenvalue weighted by atomic mass is 10.1. The summed E-state index contributed by atoms with van der Waals surface area (Å²) in [5, 5.41) is 3.65. The molecule has 0 aromatic carbocycles. The first-order valence-corrected chi connectivity index (χ1v) is 6.11. The average Bonchev–Trinajstić information content (AvgIpc) is 2.65. The molecule has 0 saturated carbocycles. The summed E-state index contributed by atoms with van der Waals surface area (Å²) < 4.78 is 1.69. The molecule has 0 radical (unpaired) electrons. The summed E-state index contributed by atoms with van der Waals surface area (Å²) in [5.41, 5.74) is 0.918. The molecule has 2 aromatic rings. The van der Waals surface area contributed by atoms with Crippen molar-refractivity contribution in [3.05, 3.63) is 30.1 Å². The van der Waals surface area contributed by atoms with Crippen LogP contribution in [0.3, 0.4) is 0 Å².